The fourth-order valence-corrected chi connectivity index (χ4v) is 2.27. The molecule has 2 rings (SSSR count). The van der Waals surface area contributed by atoms with Gasteiger partial charge in [-0.3, -0.25) is 4.79 Å². The minimum Gasteiger partial charge on any atom is -0.368 e. The van der Waals surface area contributed by atoms with Gasteiger partial charge in [-0.15, -0.1) is 0 Å². The third-order valence-electron chi connectivity index (χ3n) is 3.11. The van der Waals surface area contributed by atoms with E-state index in [0.717, 1.165) is 12.5 Å². The van der Waals surface area contributed by atoms with Crippen LogP contribution >= 0.6 is 0 Å². The summed E-state index contributed by atoms with van der Waals surface area (Å²) in [7, 11) is 0. The van der Waals surface area contributed by atoms with E-state index in [1.165, 1.54) is 4.90 Å². The van der Waals surface area contributed by atoms with Crippen LogP contribution in [-0.2, 0) is 4.79 Å². The number of primary amides is 1. The molecule has 0 saturated carbocycles. The van der Waals surface area contributed by atoms with Gasteiger partial charge in [-0.2, -0.15) is 0 Å². The number of nitrogens with two attached hydrogens (primary N) is 1. The van der Waals surface area contributed by atoms with Crippen molar-refractivity contribution in [1.29, 1.82) is 0 Å². The number of aromatic nitrogens is 1. The molecule has 1 amide bonds. The van der Waals surface area contributed by atoms with Gasteiger partial charge in [0, 0.05) is 19.2 Å². The number of anilines is 2. The first kappa shape index (κ1) is 13.5. The summed E-state index contributed by atoms with van der Waals surface area (Å²) in [6, 6.07) is 0.193. The summed E-state index contributed by atoms with van der Waals surface area (Å²) < 4.78 is 27.3. The predicted octanol–water partition coefficient (Wildman–Crippen LogP) is 1.25. The SMILES string of the molecule is CCNc1nc(N2CCCC2C(N)=O)c(F)cc1F. The molecule has 0 aromatic carbocycles. The Morgan fingerprint density at radius 1 is 1.58 bits per heavy atom. The first-order valence-corrected chi connectivity index (χ1v) is 6.20. The smallest absolute Gasteiger partial charge is 0.240 e. The molecule has 5 nitrogen and oxygen atoms in total. The van der Waals surface area contributed by atoms with Gasteiger partial charge in [0.05, 0.1) is 0 Å². The third-order valence-corrected chi connectivity index (χ3v) is 3.11. The standard InChI is InChI=1S/C12H16F2N4O/c1-2-16-11-7(13)6-8(14)12(17-11)18-5-3-4-9(18)10(15)19/h6,9H,2-5H2,1H3,(H2,15,19)(H,16,17). The Kier molecular flexibility index (Phi) is 3.82. The van der Waals surface area contributed by atoms with Gasteiger partial charge >= 0.3 is 0 Å². The van der Waals surface area contributed by atoms with E-state index in [9.17, 15) is 13.6 Å². The molecule has 0 aliphatic carbocycles. The summed E-state index contributed by atoms with van der Waals surface area (Å²) >= 11 is 0. The van der Waals surface area contributed by atoms with Crippen LogP contribution in [0.25, 0.3) is 0 Å². The van der Waals surface area contributed by atoms with Crippen LogP contribution in [0.3, 0.4) is 0 Å². The van der Waals surface area contributed by atoms with Gasteiger partial charge in [-0.1, -0.05) is 0 Å². The van der Waals surface area contributed by atoms with Crippen molar-refractivity contribution >= 4 is 17.5 Å². The zero-order valence-electron chi connectivity index (χ0n) is 10.6. The van der Waals surface area contributed by atoms with Crippen LogP contribution in [0, 0.1) is 11.6 Å². The lowest BCUT2D eigenvalue weighted by atomic mass is 10.2. The molecule has 1 unspecified atom stereocenters. The van der Waals surface area contributed by atoms with E-state index < -0.39 is 23.6 Å². The van der Waals surface area contributed by atoms with E-state index in [0.29, 0.717) is 19.5 Å². The highest BCUT2D eigenvalue weighted by Crippen LogP contribution is 2.28. The number of nitrogens with one attached hydrogen (secondary N) is 1. The number of carbonyl (C=O) groups excluding carboxylic acids is 1. The largest absolute Gasteiger partial charge is 0.368 e. The van der Waals surface area contributed by atoms with Gasteiger partial charge in [0.1, 0.15) is 6.04 Å². The molecular formula is C12H16F2N4O. The van der Waals surface area contributed by atoms with Crippen molar-refractivity contribution in [2.24, 2.45) is 5.73 Å². The maximum Gasteiger partial charge on any atom is 0.240 e. The second-order valence-corrected chi connectivity index (χ2v) is 4.41. The topological polar surface area (TPSA) is 71.2 Å². The maximum absolute atomic E-state index is 13.8. The van der Waals surface area contributed by atoms with Gasteiger partial charge in [0.2, 0.25) is 5.91 Å². The fourth-order valence-electron chi connectivity index (χ4n) is 2.27. The Hall–Kier alpha value is -1.92. The van der Waals surface area contributed by atoms with Crippen LogP contribution in [-0.4, -0.2) is 30.0 Å². The highest BCUT2D eigenvalue weighted by atomic mass is 19.1. The highest BCUT2D eigenvalue weighted by molar-refractivity contribution is 5.84. The molecule has 0 spiro atoms. The van der Waals surface area contributed by atoms with Gasteiger partial charge in [-0.25, -0.2) is 13.8 Å². The zero-order chi connectivity index (χ0) is 14.0. The van der Waals surface area contributed by atoms with Gasteiger partial charge in [-0.05, 0) is 19.8 Å². The van der Waals surface area contributed by atoms with Crippen LogP contribution in [0.2, 0.25) is 0 Å². The molecule has 1 aromatic rings. The fraction of sp³-hybridized carbons (Fsp3) is 0.500. The van der Waals surface area contributed by atoms with Crippen LogP contribution < -0.4 is 16.0 Å². The molecule has 1 aromatic heterocycles. The molecule has 104 valence electrons. The Morgan fingerprint density at radius 2 is 2.32 bits per heavy atom. The van der Waals surface area contributed by atoms with Crippen LogP contribution in [0.4, 0.5) is 20.4 Å². The first-order valence-electron chi connectivity index (χ1n) is 6.20. The number of rotatable bonds is 4. The van der Waals surface area contributed by atoms with Crippen molar-refractivity contribution < 1.29 is 13.6 Å². The molecule has 0 bridgehead atoms. The molecule has 1 atom stereocenters. The van der Waals surface area contributed by atoms with Crippen molar-refractivity contribution in [2.45, 2.75) is 25.8 Å². The van der Waals surface area contributed by atoms with Gasteiger partial charge in [0.25, 0.3) is 0 Å². The van der Waals surface area contributed by atoms with E-state index in [2.05, 4.69) is 10.3 Å². The lowest BCUT2D eigenvalue weighted by Gasteiger charge is -2.24. The summed E-state index contributed by atoms with van der Waals surface area (Å²) in [4.78, 5) is 16.7. The maximum atomic E-state index is 13.8. The van der Waals surface area contributed by atoms with E-state index in [1.54, 1.807) is 6.92 Å². The zero-order valence-corrected chi connectivity index (χ0v) is 10.6. The molecule has 1 aliphatic heterocycles. The average molecular weight is 270 g/mol. The summed E-state index contributed by atoms with van der Waals surface area (Å²) in [6.07, 6.45) is 1.28. The Morgan fingerprint density at radius 3 is 2.95 bits per heavy atom. The lowest BCUT2D eigenvalue weighted by molar-refractivity contribution is -0.119. The monoisotopic (exact) mass is 270 g/mol. The Bertz CT molecular complexity index is 495. The number of hydrogen-bond acceptors (Lipinski definition) is 4. The van der Waals surface area contributed by atoms with Gasteiger partial charge in [0.15, 0.2) is 23.3 Å². The summed E-state index contributed by atoms with van der Waals surface area (Å²) in [5.41, 5.74) is 5.28. The minimum atomic E-state index is -0.785. The number of hydrogen-bond donors (Lipinski definition) is 2. The van der Waals surface area contributed by atoms with Crippen molar-refractivity contribution in [2.75, 3.05) is 23.3 Å². The van der Waals surface area contributed by atoms with E-state index in [4.69, 9.17) is 5.73 Å². The highest BCUT2D eigenvalue weighted by Gasteiger charge is 2.32. The molecule has 3 N–H and O–H groups in total. The number of halogens is 2. The molecule has 19 heavy (non-hydrogen) atoms. The molecule has 1 fully saturated rings. The van der Waals surface area contributed by atoms with Crippen LogP contribution in [0.15, 0.2) is 6.07 Å². The Labute approximate surface area is 109 Å². The third kappa shape index (κ3) is 2.59. The van der Waals surface area contributed by atoms with Gasteiger partial charge < -0.3 is 16.0 Å². The molecule has 7 heteroatoms. The number of nitrogens with zero attached hydrogens (tertiary/aromatic N) is 2. The molecule has 1 aliphatic rings. The van der Waals surface area contributed by atoms with Crippen molar-refractivity contribution in [1.82, 2.24) is 4.98 Å². The lowest BCUT2D eigenvalue weighted by Crippen LogP contribution is -2.41. The molecular weight excluding hydrogens is 254 g/mol. The average Bonchev–Trinajstić information content (AvgIpc) is 2.81. The second-order valence-electron chi connectivity index (χ2n) is 4.41. The number of pyridine rings is 1. The minimum absolute atomic E-state index is 0.0194. The summed E-state index contributed by atoms with van der Waals surface area (Å²) in [5.74, 6) is -2.11. The molecule has 1 saturated heterocycles. The van der Waals surface area contributed by atoms with E-state index in [-0.39, 0.29) is 11.6 Å². The second kappa shape index (κ2) is 5.38. The number of carbonyl (C=O) groups is 1. The molecule has 0 radical (unpaired) electrons. The molecule has 2 heterocycles. The van der Waals surface area contributed by atoms with Crippen molar-refractivity contribution in [3.63, 3.8) is 0 Å². The predicted molar refractivity (Wildman–Crippen MR) is 67.9 cm³/mol. The normalized spacial score (nSPS) is 18.7. The quantitative estimate of drug-likeness (QED) is 0.863. The van der Waals surface area contributed by atoms with E-state index >= 15 is 0 Å². The van der Waals surface area contributed by atoms with Crippen LogP contribution in [0.1, 0.15) is 19.8 Å². The summed E-state index contributed by atoms with van der Waals surface area (Å²) in [6.45, 7) is 2.73. The van der Waals surface area contributed by atoms with Crippen molar-refractivity contribution in [3.05, 3.63) is 17.7 Å². The Balaban J connectivity index is 2.38. The van der Waals surface area contributed by atoms with E-state index in [1.807, 2.05) is 0 Å². The van der Waals surface area contributed by atoms with Crippen molar-refractivity contribution in [3.8, 4) is 0 Å². The van der Waals surface area contributed by atoms with Crippen LogP contribution in [0.5, 0.6) is 0 Å². The number of amides is 1. The summed E-state index contributed by atoms with van der Waals surface area (Å²) in [5, 5.41) is 2.72. The first-order chi connectivity index (χ1) is 9.04.